The van der Waals surface area contributed by atoms with Gasteiger partial charge in [-0.25, -0.2) is 0 Å². The van der Waals surface area contributed by atoms with Crippen LogP contribution in [0.25, 0.3) is 0 Å². The van der Waals surface area contributed by atoms with Crippen LogP contribution in [0, 0.1) is 5.92 Å². The van der Waals surface area contributed by atoms with E-state index in [0.29, 0.717) is 11.9 Å². The van der Waals surface area contributed by atoms with Gasteiger partial charge in [-0.2, -0.15) is 0 Å². The van der Waals surface area contributed by atoms with Gasteiger partial charge >= 0.3 is 0 Å². The van der Waals surface area contributed by atoms with E-state index in [9.17, 15) is 0 Å². The fraction of sp³-hybridized carbons (Fsp3) is 0.917. The van der Waals surface area contributed by atoms with E-state index in [4.69, 9.17) is 5.73 Å². The Labute approximate surface area is 99.3 Å². The van der Waals surface area contributed by atoms with E-state index < -0.39 is 0 Å². The van der Waals surface area contributed by atoms with Gasteiger partial charge in [0.2, 0.25) is 0 Å². The van der Waals surface area contributed by atoms with Crippen molar-refractivity contribution in [2.24, 2.45) is 16.6 Å². The fourth-order valence-electron chi connectivity index (χ4n) is 1.93. The summed E-state index contributed by atoms with van der Waals surface area (Å²) in [6, 6.07) is 0. The summed E-state index contributed by atoms with van der Waals surface area (Å²) in [5, 5.41) is 3.15. The largest absolute Gasteiger partial charge is 0.370 e. The molecule has 0 amide bonds. The smallest absolute Gasteiger partial charge is 0.188 e. The molecular weight excluding hydrogens is 200 g/mol. The van der Waals surface area contributed by atoms with E-state index in [1.807, 2.05) is 0 Å². The quantitative estimate of drug-likeness (QED) is 0.544. The third kappa shape index (κ3) is 3.37. The molecule has 0 heterocycles. The van der Waals surface area contributed by atoms with Crippen LogP contribution in [0.3, 0.4) is 0 Å². The molecule has 16 heavy (non-hydrogen) atoms. The van der Waals surface area contributed by atoms with Crippen LogP contribution in [0.4, 0.5) is 0 Å². The molecule has 0 saturated heterocycles. The maximum Gasteiger partial charge on any atom is 0.188 e. The molecule has 94 valence electrons. The highest BCUT2D eigenvalue weighted by Crippen LogP contribution is 2.36. The Morgan fingerprint density at radius 3 is 2.44 bits per heavy atom. The zero-order valence-corrected chi connectivity index (χ0v) is 11.1. The predicted octanol–water partition coefficient (Wildman–Crippen LogP) is 1.03. The molecule has 1 rings (SSSR count). The molecule has 0 aliphatic heterocycles. The minimum absolute atomic E-state index is 0.268. The van der Waals surface area contributed by atoms with Crippen molar-refractivity contribution in [2.45, 2.75) is 38.6 Å². The number of likely N-dealkylation sites (N-methyl/N-ethyl adjacent to an activating group) is 1. The van der Waals surface area contributed by atoms with Gasteiger partial charge in [0.1, 0.15) is 0 Å². The molecule has 0 atom stereocenters. The third-order valence-electron chi connectivity index (χ3n) is 3.47. The summed E-state index contributed by atoms with van der Waals surface area (Å²) in [5.74, 6) is 1.18. The maximum atomic E-state index is 5.83. The normalized spacial score (nSPS) is 20.0. The molecule has 1 saturated carbocycles. The molecule has 1 aliphatic carbocycles. The average molecular weight is 226 g/mol. The van der Waals surface area contributed by atoms with Gasteiger partial charge in [0.25, 0.3) is 0 Å². The number of hydrogen-bond acceptors (Lipinski definition) is 2. The van der Waals surface area contributed by atoms with Crippen LogP contribution in [-0.4, -0.2) is 43.6 Å². The Morgan fingerprint density at radius 2 is 2.06 bits per heavy atom. The second kappa shape index (κ2) is 5.53. The molecule has 4 nitrogen and oxygen atoms in total. The Morgan fingerprint density at radius 1 is 1.44 bits per heavy atom. The summed E-state index contributed by atoms with van der Waals surface area (Å²) in [6.45, 7) is 6.03. The van der Waals surface area contributed by atoms with Crippen LogP contribution in [0.15, 0.2) is 4.99 Å². The number of nitrogens with one attached hydrogen (secondary N) is 1. The van der Waals surface area contributed by atoms with Crippen molar-refractivity contribution in [2.75, 3.05) is 27.2 Å². The van der Waals surface area contributed by atoms with Crippen molar-refractivity contribution >= 4 is 5.96 Å². The number of nitrogens with zero attached hydrogens (tertiary/aromatic N) is 2. The summed E-state index contributed by atoms with van der Waals surface area (Å²) in [7, 11) is 4.26. The number of guanidine groups is 1. The molecule has 1 aliphatic rings. The lowest BCUT2D eigenvalue weighted by atomic mass is 9.76. The number of rotatable bonds is 5. The lowest BCUT2D eigenvalue weighted by Gasteiger charge is -2.46. The van der Waals surface area contributed by atoms with Crippen LogP contribution in [-0.2, 0) is 0 Å². The van der Waals surface area contributed by atoms with E-state index in [2.05, 4.69) is 43.2 Å². The first-order chi connectivity index (χ1) is 7.46. The Kier molecular flexibility index (Phi) is 4.59. The van der Waals surface area contributed by atoms with Gasteiger partial charge in [-0.1, -0.05) is 13.8 Å². The summed E-state index contributed by atoms with van der Waals surface area (Å²) < 4.78 is 0. The summed E-state index contributed by atoms with van der Waals surface area (Å²) in [4.78, 5) is 6.74. The SMILES string of the molecule is CC(C)CNC(N)=NCC1(N(C)C)CCC1. The van der Waals surface area contributed by atoms with E-state index in [1.165, 1.54) is 19.3 Å². The Hall–Kier alpha value is -0.770. The van der Waals surface area contributed by atoms with E-state index in [-0.39, 0.29) is 5.54 Å². The average Bonchev–Trinajstić information content (AvgIpc) is 2.12. The molecular formula is C12H26N4. The topological polar surface area (TPSA) is 53.6 Å². The molecule has 0 aromatic carbocycles. The summed E-state index contributed by atoms with van der Waals surface area (Å²) >= 11 is 0. The number of nitrogens with two attached hydrogens (primary N) is 1. The van der Waals surface area contributed by atoms with Gasteiger partial charge in [-0.15, -0.1) is 0 Å². The third-order valence-corrected chi connectivity index (χ3v) is 3.47. The van der Waals surface area contributed by atoms with Gasteiger partial charge in [-0.05, 0) is 39.3 Å². The van der Waals surface area contributed by atoms with Crippen LogP contribution in [0.2, 0.25) is 0 Å². The van der Waals surface area contributed by atoms with Crippen molar-refractivity contribution in [1.29, 1.82) is 0 Å². The van der Waals surface area contributed by atoms with Gasteiger partial charge < -0.3 is 16.0 Å². The van der Waals surface area contributed by atoms with Gasteiger partial charge in [0.05, 0.1) is 6.54 Å². The molecule has 0 bridgehead atoms. The molecule has 0 spiro atoms. The van der Waals surface area contributed by atoms with Crippen molar-refractivity contribution in [3.63, 3.8) is 0 Å². The lowest BCUT2D eigenvalue weighted by Crippen LogP contribution is -2.53. The minimum atomic E-state index is 0.268. The zero-order chi connectivity index (χ0) is 12.2. The first-order valence-electron chi connectivity index (χ1n) is 6.17. The van der Waals surface area contributed by atoms with E-state index in [1.54, 1.807) is 0 Å². The van der Waals surface area contributed by atoms with Crippen LogP contribution in [0.5, 0.6) is 0 Å². The summed E-state index contributed by atoms with van der Waals surface area (Å²) in [5.41, 5.74) is 6.10. The van der Waals surface area contributed by atoms with Crippen molar-refractivity contribution < 1.29 is 0 Å². The van der Waals surface area contributed by atoms with E-state index >= 15 is 0 Å². The van der Waals surface area contributed by atoms with Crippen LogP contribution in [0.1, 0.15) is 33.1 Å². The second-order valence-electron chi connectivity index (χ2n) is 5.45. The van der Waals surface area contributed by atoms with Crippen molar-refractivity contribution in [3.8, 4) is 0 Å². The predicted molar refractivity (Wildman–Crippen MR) is 69.6 cm³/mol. The molecule has 0 aromatic heterocycles. The van der Waals surface area contributed by atoms with Crippen LogP contribution < -0.4 is 11.1 Å². The number of aliphatic imine (C=N–C) groups is 1. The molecule has 3 N–H and O–H groups in total. The van der Waals surface area contributed by atoms with Gasteiger partial charge in [0.15, 0.2) is 5.96 Å². The van der Waals surface area contributed by atoms with E-state index in [0.717, 1.165) is 13.1 Å². The van der Waals surface area contributed by atoms with Gasteiger partial charge in [-0.3, -0.25) is 4.99 Å². The monoisotopic (exact) mass is 226 g/mol. The molecule has 1 fully saturated rings. The Balaban J connectivity index is 2.39. The molecule has 4 heteroatoms. The van der Waals surface area contributed by atoms with Gasteiger partial charge in [0, 0.05) is 12.1 Å². The fourth-order valence-corrected chi connectivity index (χ4v) is 1.93. The highest BCUT2D eigenvalue weighted by atomic mass is 15.2. The highest BCUT2D eigenvalue weighted by molar-refractivity contribution is 5.77. The first kappa shape index (κ1) is 13.3. The zero-order valence-electron chi connectivity index (χ0n) is 11.1. The lowest BCUT2D eigenvalue weighted by molar-refractivity contribution is 0.0699. The maximum absolute atomic E-state index is 5.83. The van der Waals surface area contributed by atoms with Crippen molar-refractivity contribution in [1.82, 2.24) is 10.2 Å². The number of hydrogen-bond donors (Lipinski definition) is 2. The standard InChI is InChI=1S/C12H26N4/c1-10(2)8-14-11(13)15-9-12(16(3)4)6-5-7-12/h10H,5-9H2,1-4H3,(H3,13,14,15). The summed E-state index contributed by atoms with van der Waals surface area (Å²) in [6.07, 6.45) is 3.79. The molecule has 0 unspecified atom stereocenters. The molecule has 0 radical (unpaired) electrons. The second-order valence-corrected chi connectivity index (χ2v) is 5.45. The minimum Gasteiger partial charge on any atom is -0.370 e. The Bertz CT molecular complexity index is 241. The van der Waals surface area contributed by atoms with Crippen molar-refractivity contribution in [3.05, 3.63) is 0 Å². The van der Waals surface area contributed by atoms with Crippen LogP contribution >= 0.6 is 0 Å². The molecule has 0 aromatic rings. The highest BCUT2D eigenvalue weighted by Gasteiger charge is 2.38. The first-order valence-corrected chi connectivity index (χ1v) is 6.17.